The number of hydrogen-bond acceptors (Lipinski definition) is 5. The summed E-state index contributed by atoms with van der Waals surface area (Å²) in [4.78, 5) is 22.4. The quantitative estimate of drug-likeness (QED) is 0.243. The van der Waals surface area contributed by atoms with Crippen molar-refractivity contribution in [3.63, 3.8) is 0 Å². The number of thiophene rings is 2. The number of carbonyl (C=O) groups is 2. The highest BCUT2D eigenvalue weighted by atomic mass is 32.1. The molecule has 2 heterocycles. The molecule has 0 bridgehead atoms. The molecule has 0 aliphatic heterocycles. The standard InChI is InChI=1S/C15H20F3NO2S.C13H21NO2S/c1-8(2)10-7-22-14(12(10)9(3)4)19-15(20)21-6-5-11(16)13(17)18;1-8(2)5-10-7-17-12(14-13(15)16)11(10)6-9(3)4/h7-9H,5-6H2,1-4H3,(H,19,20);7-9,14H,5-6H2,1-4H3,(H,15,16). The van der Waals surface area contributed by atoms with Crippen LogP contribution in [0.15, 0.2) is 22.7 Å². The summed E-state index contributed by atoms with van der Waals surface area (Å²) in [5.41, 5.74) is 4.67. The lowest BCUT2D eigenvalue weighted by Gasteiger charge is -2.14. The monoisotopic (exact) mass is 590 g/mol. The summed E-state index contributed by atoms with van der Waals surface area (Å²) in [7, 11) is 0. The number of ether oxygens (including phenoxy) is 1. The molecule has 2 amide bonds. The van der Waals surface area contributed by atoms with Crippen LogP contribution in [0, 0.1) is 11.8 Å². The Morgan fingerprint density at radius 1 is 0.872 bits per heavy atom. The Balaban J connectivity index is 0.000000403. The molecule has 2 rings (SSSR count). The summed E-state index contributed by atoms with van der Waals surface area (Å²) in [5, 5.41) is 19.5. The van der Waals surface area contributed by atoms with Crippen LogP contribution in [0.4, 0.5) is 32.8 Å². The number of amides is 2. The van der Waals surface area contributed by atoms with Gasteiger partial charge in [0.2, 0.25) is 0 Å². The van der Waals surface area contributed by atoms with E-state index in [1.807, 2.05) is 19.2 Å². The number of hydrogen-bond donors (Lipinski definition) is 3. The first-order valence-electron chi connectivity index (χ1n) is 13.0. The highest BCUT2D eigenvalue weighted by Crippen LogP contribution is 2.38. The van der Waals surface area contributed by atoms with Crippen LogP contribution in [0.1, 0.15) is 95.9 Å². The Morgan fingerprint density at radius 3 is 1.95 bits per heavy atom. The van der Waals surface area contributed by atoms with E-state index in [1.54, 1.807) is 0 Å². The molecular formula is C28H41F3N2O4S2. The maximum absolute atomic E-state index is 12.6. The molecule has 0 aliphatic rings. The topological polar surface area (TPSA) is 87.7 Å². The number of carboxylic acid groups (broad SMARTS) is 1. The Labute approximate surface area is 237 Å². The van der Waals surface area contributed by atoms with E-state index in [0.717, 1.165) is 29.0 Å². The lowest BCUT2D eigenvalue weighted by molar-refractivity contribution is 0.160. The van der Waals surface area contributed by atoms with E-state index in [-0.39, 0.29) is 5.92 Å². The SMILES string of the molecule is CC(C)Cc1csc(NC(=O)O)c1CC(C)C.CC(C)c1csc(NC(=O)OCCC(F)=C(F)F)c1C(C)C. The molecule has 39 heavy (non-hydrogen) atoms. The fraction of sp³-hybridized carbons (Fsp3) is 0.571. The average Bonchev–Trinajstić information content (AvgIpc) is 3.37. The van der Waals surface area contributed by atoms with Crippen molar-refractivity contribution in [1.82, 2.24) is 0 Å². The molecule has 2 aromatic rings. The number of nitrogens with one attached hydrogen (secondary N) is 2. The molecule has 220 valence electrons. The zero-order valence-electron chi connectivity index (χ0n) is 23.9. The van der Waals surface area contributed by atoms with Crippen LogP contribution in [0.25, 0.3) is 0 Å². The number of carbonyl (C=O) groups excluding carboxylic acids is 1. The van der Waals surface area contributed by atoms with Gasteiger partial charge in [-0.2, -0.15) is 8.78 Å². The zero-order valence-corrected chi connectivity index (χ0v) is 25.5. The van der Waals surface area contributed by atoms with Crippen LogP contribution in [-0.4, -0.2) is 23.9 Å². The highest BCUT2D eigenvalue weighted by molar-refractivity contribution is 7.15. The van der Waals surface area contributed by atoms with Gasteiger partial charge in [0.25, 0.3) is 0 Å². The van der Waals surface area contributed by atoms with Gasteiger partial charge in [-0.1, -0.05) is 55.4 Å². The van der Waals surface area contributed by atoms with Gasteiger partial charge in [0.15, 0.2) is 5.83 Å². The third kappa shape index (κ3) is 12.0. The molecule has 0 aliphatic carbocycles. The Bertz CT molecular complexity index is 1100. The average molecular weight is 591 g/mol. The van der Waals surface area contributed by atoms with Gasteiger partial charge < -0.3 is 9.84 Å². The minimum atomic E-state index is -2.38. The van der Waals surface area contributed by atoms with Gasteiger partial charge in [0.05, 0.1) is 6.61 Å². The van der Waals surface area contributed by atoms with Gasteiger partial charge in [-0.15, -0.1) is 22.7 Å². The summed E-state index contributed by atoms with van der Waals surface area (Å²) in [6.45, 7) is 16.4. The summed E-state index contributed by atoms with van der Waals surface area (Å²) < 4.78 is 41.0. The van der Waals surface area contributed by atoms with E-state index in [1.165, 1.54) is 33.8 Å². The summed E-state index contributed by atoms with van der Waals surface area (Å²) in [6, 6.07) is 0. The maximum Gasteiger partial charge on any atom is 0.412 e. The van der Waals surface area contributed by atoms with Crippen molar-refractivity contribution in [1.29, 1.82) is 0 Å². The molecule has 0 aromatic carbocycles. The lowest BCUT2D eigenvalue weighted by Crippen LogP contribution is -2.15. The molecule has 0 saturated carbocycles. The second-order valence-corrected chi connectivity index (χ2v) is 12.4. The van der Waals surface area contributed by atoms with Crippen molar-refractivity contribution in [2.24, 2.45) is 11.8 Å². The van der Waals surface area contributed by atoms with Gasteiger partial charge in [-0.3, -0.25) is 10.6 Å². The van der Waals surface area contributed by atoms with Crippen molar-refractivity contribution in [2.75, 3.05) is 17.2 Å². The zero-order chi connectivity index (χ0) is 29.9. The molecule has 3 N–H and O–H groups in total. The van der Waals surface area contributed by atoms with Crippen molar-refractivity contribution < 1.29 is 32.6 Å². The van der Waals surface area contributed by atoms with E-state index in [9.17, 15) is 22.8 Å². The second kappa shape index (κ2) is 16.5. The number of anilines is 2. The summed E-state index contributed by atoms with van der Waals surface area (Å²) >= 11 is 2.89. The Morgan fingerprint density at radius 2 is 1.46 bits per heavy atom. The van der Waals surface area contributed by atoms with Crippen LogP contribution in [-0.2, 0) is 17.6 Å². The fourth-order valence-electron chi connectivity index (χ4n) is 3.84. The number of rotatable bonds is 11. The van der Waals surface area contributed by atoms with Crippen LogP contribution in [0.5, 0.6) is 0 Å². The van der Waals surface area contributed by atoms with Crippen molar-refractivity contribution in [3.05, 3.63) is 44.9 Å². The number of halogens is 3. The van der Waals surface area contributed by atoms with Crippen LogP contribution in [0.3, 0.4) is 0 Å². The van der Waals surface area contributed by atoms with Gasteiger partial charge in [-0.05, 0) is 69.5 Å². The maximum atomic E-state index is 12.6. The molecule has 11 heteroatoms. The van der Waals surface area contributed by atoms with E-state index < -0.39 is 37.1 Å². The Kier molecular flexibility index (Phi) is 14.6. The second-order valence-electron chi connectivity index (χ2n) is 10.6. The van der Waals surface area contributed by atoms with E-state index >= 15 is 0 Å². The molecule has 2 aromatic heterocycles. The highest BCUT2D eigenvalue weighted by Gasteiger charge is 2.19. The van der Waals surface area contributed by atoms with Crippen molar-refractivity contribution >= 4 is 44.9 Å². The minimum absolute atomic E-state index is 0.222. The largest absolute Gasteiger partial charge is 0.465 e. The van der Waals surface area contributed by atoms with E-state index in [4.69, 9.17) is 9.84 Å². The van der Waals surface area contributed by atoms with Crippen LogP contribution in [0.2, 0.25) is 0 Å². The molecule has 0 atom stereocenters. The molecule has 0 spiro atoms. The molecule has 0 unspecified atom stereocenters. The summed E-state index contributed by atoms with van der Waals surface area (Å²) in [6.07, 6.45) is -2.82. The minimum Gasteiger partial charge on any atom is -0.465 e. The van der Waals surface area contributed by atoms with Gasteiger partial charge >= 0.3 is 18.3 Å². The van der Waals surface area contributed by atoms with Crippen molar-refractivity contribution in [2.45, 2.75) is 86.5 Å². The first-order valence-corrected chi connectivity index (χ1v) is 14.7. The fourth-order valence-corrected chi connectivity index (χ4v) is 6.11. The normalized spacial score (nSPS) is 11.1. The smallest absolute Gasteiger partial charge is 0.412 e. The third-order valence-electron chi connectivity index (χ3n) is 5.48. The van der Waals surface area contributed by atoms with E-state index in [2.05, 4.69) is 57.6 Å². The van der Waals surface area contributed by atoms with Crippen LogP contribution >= 0.6 is 22.7 Å². The molecule has 0 radical (unpaired) electrons. The first-order chi connectivity index (χ1) is 18.1. The lowest BCUT2D eigenvalue weighted by atomic mass is 9.94. The van der Waals surface area contributed by atoms with Crippen molar-refractivity contribution in [3.8, 4) is 0 Å². The van der Waals surface area contributed by atoms with Gasteiger partial charge in [0, 0.05) is 6.42 Å². The van der Waals surface area contributed by atoms with E-state index in [0.29, 0.717) is 22.8 Å². The molecule has 0 saturated heterocycles. The predicted molar refractivity (Wildman–Crippen MR) is 155 cm³/mol. The van der Waals surface area contributed by atoms with Gasteiger partial charge in [0.1, 0.15) is 10.0 Å². The predicted octanol–water partition coefficient (Wildman–Crippen LogP) is 10.2. The van der Waals surface area contributed by atoms with Gasteiger partial charge in [-0.25, -0.2) is 14.0 Å². The third-order valence-corrected chi connectivity index (χ3v) is 7.39. The Hall–Kier alpha value is -2.53. The van der Waals surface area contributed by atoms with Crippen LogP contribution < -0.4 is 10.6 Å². The molecule has 6 nitrogen and oxygen atoms in total. The first kappa shape index (κ1) is 34.5. The molecule has 0 fully saturated rings. The summed E-state index contributed by atoms with van der Waals surface area (Å²) in [5.74, 6) is 0.110. The molecular weight excluding hydrogens is 549 g/mol.